The molecule has 140 valence electrons. The van der Waals surface area contributed by atoms with E-state index in [0.717, 1.165) is 0 Å². The summed E-state index contributed by atoms with van der Waals surface area (Å²) in [6, 6.07) is 0. The van der Waals surface area contributed by atoms with Crippen molar-refractivity contribution in [1.82, 2.24) is 0 Å². The van der Waals surface area contributed by atoms with E-state index in [9.17, 15) is 31.2 Å². The molecule has 5 unspecified atom stereocenters. The van der Waals surface area contributed by atoms with Crippen LogP contribution < -0.4 is 0 Å². The first-order valence-corrected chi connectivity index (χ1v) is 9.02. The molecule has 0 aromatic heterocycles. The van der Waals surface area contributed by atoms with Crippen molar-refractivity contribution in [1.29, 1.82) is 0 Å². The molecule has 1 saturated heterocycles. The maximum absolute atomic E-state index is 12.3. The Kier molecular flexibility index (Phi) is 4.34. The first-order valence-electron chi connectivity index (χ1n) is 7.55. The Balaban J connectivity index is 1.57. The van der Waals surface area contributed by atoms with Crippen molar-refractivity contribution < 1.29 is 44.8 Å². The third-order valence-electron chi connectivity index (χ3n) is 4.89. The van der Waals surface area contributed by atoms with Crippen molar-refractivity contribution in [3.8, 4) is 0 Å². The van der Waals surface area contributed by atoms with Gasteiger partial charge in [0, 0.05) is 5.92 Å². The van der Waals surface area contributed by atoms with Crippen molar-refractivity contribution in [3.63, 3.8) is 0 Å². The van der Waals surface area contributed by atoms with Crippen LogP contribution in [0.4, 0.5) is 13.2 Å². The van der Waals surface area contributed by atoms with Crippen molar-refractivity contribution in [2.24, 2.45) is 11.8 Å². The maximum Gasteiger partial charge on any atom is 0.422 e. The Bertz CT molecular complexity index is 714. The van der Waals surface area contributed by atoms with Crippen LogP contribution in [0.15, 0.2) is 12.2 Å². The van der Waals surface area contributed by atoms with Crippen LogP contribution in [0.2, 0.25) is 0 Å². The van der Waals surface area contributed by atoms with E-state index in [4.69, 9.17) is 8.92 Å². The molecule has 3 saturated carbocycles. The highest BCUT2D eigenvalue weighted by atomic mass is 32.2. The highest BCUT2D eigenvalue weighted by Gasteiger charge is 2.61. The molecule has 1 heterocycles. The second kappa shape index (κ2) is 5.97. The quantitative estimate of drug-likeness (QED) is 0.407. The van der Waals surface area contributed by atoms with Gasteiger partial charge in [0.2, 0.25) is 0 Å². The van der Waals surface area contributed by atoms with E-state index in [1.54, 1.807) is 0 Å². The number of rotatable bonds is 4. The lowest BCUT2D eigenvalue weighted by Crippen LogP contribution is -2.52. The lowest BCUT2D eigenvalue weighted by atomic mass is 9.67. The van der Waals surface area contributed by atoms with Crippen LogP contribution in [0.25, 0.3) is 0 Å². The molecule has 25 heavy (non-hydrogen) atoms. The van der Waals surface area contributed by atoms with Gasteiger partial charge in [-0.3, -0.25) is 4.18 Å². The number of ether oxygens (including phenoxy) is 2. The monoisotopic (exact) mass is 384 g/mol. The zero-order valence-electron chi connectivity index (χ0n) is 12.8. The molecule has 0 radical (unpaired) electrons. The number of esters is 2. The minimum atomic E-state index is -4.95. The first kappa shape index (κ1) is 18.2. The topological polar surface area (TPSA) is 96.0 Å². The zero-order chi connectivity index (χ0) is 18.6. The molecule has 0 N–H and O–H groups in total. The SMILES string of the molecule is C=C(C(=O)OCC(=O)OC1C2CCC3C1OS(=O)(=O)C3C2)C(F)(F)F. The van der Waals surface area contributed by atoms with E-state index in [1.807, 2.05) is 0 Å². The first-order chi connectivity index (χ1) is 11.5. The summed E-state index contributed by atoms with van der Waals surface area (Å²) in [5, 5.41) is -0.598. The number of hydrogen-bond acceptors (Lipinski definition) is 7. The molecule has 4 rings (SSSR count). The molecular weight excluding hydrogens is 369 g/mol. The smallest absolute Gasteiger partial charge is 0.422 e. The van der Waals surface area contributed by atoms with Gasteiger partial charge in [0.15, 0.2) is 6.61 Å². The average molecular weight is 384 g/mol. The number of carbonyl (C=O) groups is 2. The van der Waals surface area contributed by atoms with Gasteiger partial charge in [-0.1, -0.05) is 6.58 Å². The highest BCUT2D eigenvalue weighted by molar-refractivity contribution is 7.87. The standard InChI is InChI=1S/C14H15F3O7S/c1-6(14(15,16)17)13(19)22-5-10(18)23-11-7-2-3-8-9(4-7)25(20,21)24-12(8)11/h7-9,11-12H,1-5H2. The molecule has 0 spiro atoms. The zero-order valence-corrected chi connectivity index (χ0v) is 13.6. The number of carbonyl (C=O) groups excluding carboxylic acids is 2. The van der Waals surface area contributed by atoms with Crippen LogP contribution in [-0.2, 0) is 33.4 Å². The minimum Gasteiger partial charge on any atom is -0.457 e. The second-order valence-corrected chi connectivity index (χ2v) is 8.12. The molecule has 0 amide bonds. The van der Waals surface area contributed by atoms with Gasteiger partial charge >= 0.3 is 18.1 Å². The van der Waals surface area contributed by atoms with Gasteiger partial charge in [0.05, 0.1) is 5.25 Å². The van der Waals surface area contributed by atoms with E-state index in [-0.39, 0.29) is 11.8 Å². The number of hydrogen-bond donors (Lipinski definition) is 0. The second-order valence-electron chi connectivity index (χ2n) is 6.34. The van der Waals surface area contributed by atoms with Gasteiger partial charge in [-0.2, -0.15) is 21.6 Å². The largest absolute Gasteiger partial charge is 0.457 e. The molecule has 4 bridgehead atoms. The Hall–Kier alpha value is -1.62. The third kappa shape index (κ3) is 3.26. The molecule has 11 heteroatoms. The number of fused-ring (bicyclic) bond motifs is 1. The molecule has 0 aromatic carbocycles. The normalized spacial score (nSPS) is 35.2. The van der Waals surface area contributed by atoms with E-state index in [1.165, 1.54) is 0 Å². The van der Waals surface area contributed by atoms with Crippen LogP contribution in [-0.4, -0.2) is 50.6 Å². The highest BCUT2D eigenvalue weighted by Crippen LogP contribution is 2.52. The van der Waals surface area contributed by atoms with Crippen molar-refractivity contribution in [2.45, 2.75) is 42.9 Å². The van der Waals surface area contributed by atoms with Crippen LogP contribution in [0.5, 0.6) is 0 Å². The fraction of sp³-hybridized carbons (Fsp3) is 0.714. The van der Waals surface area contributed by atoms with Gasteiger partial charge < -0.3 is 9.47 Å². The van der Waals surface area contributed by atoms with Crippen LogP contribution in [0, 0.1) is 11.8 Å². The summed E-state index contributed by atoms with van der Waals surface area (Å²) in [6.45, 7) is 1.54. The Morgan fingerprint density at radius 2 is 1.92 bits per heavy atom. The molecule has 1 aliphatic heterocycles. The fourth-order valence-electron chi connectivity index (χ4n) is 3.73. The van der Waals surface area contributed by atoms with E-state index >= 15 is 0 Å². The predicted molar refractivity (Wildman–Crippen MR) is 74.4 cm³/mol. The van der Waals surface area contributed by atoms with Crippen molar-refractivity contribution in [2.75, 3.05) is 6.61 Å². The van der Waals surface area contributed by atoms with Crippen molar-refractivity contribution in [3.05, 3.63) is 12.2 Å². The summed E-state index contributed by atoms with van der Waals surface area (Å²) in [7, 11) is -3.69. The van der Waals surface area contributed by atoms with E-state index < -0.39 is 57.9 Å². The van der Waals surface area contributed by atoms with E-state index in [2.05, 4.69) is 11.3 Å². The van der Waals surface area contributed by atoms with Gasteiger partial charge in [-0.25, -0.2) is 9.59 Å². The summed E-state index contributed by atoms with van der Waals surface area (Å²) >= 11 is 0. The molecule has 5 atom stereocenters. The third-order valence-corrected chi connectivity index (χ3v) is 6.66. The van der Waals surface area contributed by atoms with Crippen LogP contribution in [0.1, 0.15) is 19.3 Å². The summed E-state index contributed by atoms with van der Waals surface area (Å²) < 4.78 is 75.1. The Morgan fingerprint density at radius 3 is 2.56 bits per heavy atom. The predicted octanol–water partition coefficient (Wildman–Crippen LogP) is 1.09. The fourth-order valence-corrected chi connectivity index (χ4v) is 5.64. The van der Waals surface area contributed by atoms with Gasteiger partial charge in [-0.05, 0) is 25.2 Å². The Labute approximate surface area is 141 Å². The van der Waals surface area contributed by atoms with E-state index in [0.29, 0.717) is 19.3 Å². The number of alkyl halides is 3. The lowest BCUT2D eigenvalue weighted by molar-refractivity contribution is -0.176. The summed E-state index contributed by atoms with van der Waals surface area (Å²) in [5.74, 6) is -3.30. The maximum atomic E-state index is 12.3. The summed E-state index contributed by atoms with van der Waals surface area (Å²) in [5.41, 5.74) is -1.73. The molecule has 4 fully saturated rings. The molecule has 7 nitrogen and oxygen atoms in total. The molecule has 3 aliphatic carbocycles. The number of halogens is 3. The van der Waals surface area contributed by atoms with Gasteiger partial charge in [0.1, 0.15) is 17.8 Å². The average Bonchev–Trinajstić information content (AvgIpc) is 2.74. The van der Waals surface area contributed by atoms with Crippen LogP contribution >= 0.6 is 0 Å². The minimum absolute atomic E-state index is 0.206. The van der Waals surface area contributed by atoms with Crippen LogP contribution in [0.3, 0.4) is 0 Å². The van der Waals surface area contributed by atoms with Crippen molar-refractivity contribution >= 4 is 22.1 Å². The molecule has 4 aliphatic rings. The molecular formula is C14H15F3O7S. The van der Waals surface area contributed by atoms with Gasteiger partial charge in [0.25, 0.3) is 10.1 Å². The summed E-state index contributed by atoms with van der Waals surface area (Å²) in [4.78, 5) is 23.0. The van der Waals surface area contributed by atoms with Gasteiger partial charge in [-0.15, -0.1) is 0 Å². The summed E-state index contributed by atoms with van der Waals surface area (Å²) in [6.07, 6.45) is -4.93. The lowest BCUT2D eigenvalue weighted by Gasteiger charge is -2.43. The molecule has 0 aromatic rings. The Morgan fingerprint density at radius 1 is 1.24 bits per heavy atom.